The summed E-state index contributed by atoms with van der Waals surface area (Å²) in [6.45, 7) is 4.63. The molecule has 2 heterocycles. The van der Waals surface area contributed by atoms with Crippen LogP contribution in [-0.4, -0.2) is 18.1 Å². The first kappa shape index (κ1) is 12.2. The van der Waals surface area contributed by atoms with Gasteiger partial charge < -0.3 is 4.90 Å². The number of nitrogens with zero attached hydrogens (tertiary/aromatic N) is 2. The number of hydrogen-bond acceptors (Lipinski definition) is 2. The number of benzene rings is 1. The van der Waals surface area contributed by atoms with Gasteiger partial charge >= 0.3 is 0 Å². The predicted molar refractivity (Wildman–Crippen MR) is 84.6 cm³/mol. The predicted octanol–water partition coefficient (Wildman–Crippen LogP) is 4.02. The highest BCUT2D eigenvalue weighted by Crippen LogP contribution is 2.38. The molecule has 2 aliphatic rings. The molecular formula is C18H22N2. The summed E-state index contributed by atoms with van der Waals surface area (Å²) in [4.78, 5) is 7.56. The molecule has 0 unspecified atom stereocenters. The maximum absolute atomic E-state index is 4.93. The van der Waals surface area contributed by atoms with Gasteiger partial charge in [0, 0.05) is 24.2 Å². The van der Waals surface area contributed by atoms with Crippen molar-refractivity contribution in [2.75, 3.05) is 18.0 Å². The molecule has 1 aliphatic carbocycles. The molecule has 0 bridgehead atoms. The van der Waals surface area contributed by atoms with Crippen molar-refractivity contribution in [3.05, 3.63) is 35.0 Å². The van der Waals surface area contributed by atoms with Gasteiger partial charge in [-0.2, -0.15) is 0 Å². The molecule has 1 aliphatic heterocycles. The topological polar surface area (TPSA) is 16.1 Å². The second kappa shape index (κ2) is 4.76. The number of aryl methyl sites for hydroxylation is 2. The molecule has 2 aromatic rings. The Hall–Kier alpha value is -1.57. The summed E-state index contributed by atoms with van der Waals surface area (Å²) in [5, 5.41) is 1.38. The molecule has 0 saturated carbocycles. The van der Waals surface area contributed by atoms with Crippen molar-refractivity contribution < 1.29 is 0 Å². The van der Waals surface area contributed by atoms with Crippen LogP contribution >= 0.6 is 0 Å². The van der Waals surface area contributed by atoms with E-state index in [1.54, 1.807) is 5.56 Å². The summed E-state index contributed by atoms with van der Waals surface area (Å²) in [7, 11) is 0. The second-order valence-electron chi connectivity index (χ2n) is 6.31. The van der Waals surface area contributed by atoms with E-state index in [1.807, 2.05) is 0 Å². The Bertz CT molecular complexity index is 654. The van der Waals surface area contributed by atoms with E-state index in [9.17, 15) is 0 Å². The van der Waals surface area contributed by atoms with Crippen LogP contribution in [0.15, 0.2) is 18.2 Å². The van der Waals surface area contributed by atoms with Crippen LogP contribution in [0.5, 0.6) is 0 Å². The largest absolute Gasteiger partial charge is 0.371 e. The van der Waals surface area contributed by atoms with Crippen LogP contribution in [0.4, 0.5) is 5.69 Å². The van der Waals surface area contributed by atoms with Crippen LogP contribution in [0.1, 0.15) is 42.5 Å². The molecule has 0 atom stereocenters. The second-order valence-corrected chi connectivity index (χ2v) is 6.31. The highest BCUT2D eigenvalue weighted by Gasteiger charge is 2.24. The lowest BCUT2D eigenvalue weighted by Crippen LogP contribution is -2.30. The highest BCUT2D eigenvalue weighted by molar-refractivity contribution is 5.94. The van der Waals surface area contributed by atoms with E-state index in [0.717, 1.165) is 0 Å². The Balaban J connectivity index is 1.97. The number of anilines is 1. The van der Waals surface area contributed by atoms with Gasteiger partial charge in [0.1, 0.15) is 0 Å². The molecule has 0 radical (unpaired) electrons. The Morgan fingerprint density at radius 1 is 1.00 bits per heavy atom. The summed E-state index contributed by atoms with van der Waals surface area (Å²) < 4.78 is 0. The van der Waals surface area contributed by atoms with Crippen LogP contribution in [-0.2, 0) is 12.8 Å². The smallest absolute Gasteiger partial charge is 0.0726 e. The summed E-state index contributed by atoms with van der Waals surface area (Å²) in [6, 6.07) is 6.73. The van der Waals surface area contributed by atoms with E-state index in [0.29, 0.717) is 0 Å². The molecule has 20 heavy (non-hydrogen) atoms. The van der Waals surface area contributed by atoms with Crippen molar-refractivity contribution in [1.82, 2.24) is 4.98 Å². The Morgan fingerprint density at radius 2 is 1.85 bits per heavy atom. The zero-order valence-corrected chi connectivity index (χ0v) is 12.3. The Kier molecular flexibility index (Phi) is 2.90. The molecule has 1 aromatic heterocycles. The first-order valence-corrected chi connectivity index (χ1v) is 8.00. The van der Waals surface area contributed by atoms with Gasteiger partial charge in [-0.05, 0) is 63.1 Å². The van der Waals surface area contributed by atoms with E-state index < -0.39 is 0 Å². The number of aromatic nitrogens is 1. The summed E-state index contributed by atoms with van der Waals surface area (Å²) in [6.07, 6.45) is 7.73. The van der Waals surface area contributed by atoms with Crippen molar-refractivity contribution in [3.8, 4) is 0 Å². The summed E-state index contributed by atoms with van der Waals surface area (Å²) in [5.41, 5.74) is 6.96. The van der Waals surface area contributed by atoms with Crippen LogP contribution in [0, 0.1) is 6.92 Å². The van der Waals surface area contributed by atoms with Gasteiger partial charge in [0.15, 0.2) is 0 Å². The van der Waals surface area contributed by atoms with Crippen molar-refractivity contribution in [1.29, 1.82) is 0 Å². The van der Waals surface area contributed by atoms with Gasteiger partial charge in [-0.3, -0.25) is 4.98 Å². The molecule has 0 N–H and O–H groups in total. The third kappa shape index (κ3) is 1.90. The third-order valence-corrected chi connectivity index (χ3v) is 4.81. The van der Waals surface area contributed by atoms with E-state index in [1.165, 1.54) is 79.5 Å². The third-order valence-electron chi connectivity index (χ3n) is 4.81. The SMILES string of the molecule is Cc1ccc2nc3c(c(N4CCCCC4)c2c1)CCC3. The van der Waals surface area contributed by atoms with Crippen LogP contribution < -0.4 is 4.90 Å². The average molecular weight is 266 g/mol. The fourth-order valence-electron chi connectivity index (χ4n) is 3.83. The van der Waals surface area contributed by atoms with Gasteiger partial charge in [-0.15, -0.1) is 0 Å². The van der Waals surface area contributed by atoms with E-state index in [-0.39, 0.29) is 0 Å². The van der Waals surface area contributed by atoms with Crippen LogP contribution in [0.2, 0.25) is 0 Å². The van der Waals surface area contributed by atoms with Gasteiger partial charge in [0.25, 0.3) is 0 Å². The minimum absolute atomic E-state index is 1.17. The fourth-order valence-corrected chi connectivity index (χ4v) is 3.83. The highest BCUT2D eigenvalue weighted by atomic mass is 15.1. The zero-order chi connectivity index (χ0) is 13.5. The van der Waals surface area contributed by atoms with Gasteiger partial charge in [-0.25, -0.2) is 0 Å². The lowest BCUT2D eigenvalue weighted by Gasteiger charge is -2.31. The zero-order valence-electron chi connectivity index (χ0n) is 12.3. The fraction of sp³-hybridized carbons (Fsp3) is 0.500. The van der Waals surface area contributed by atoms with Crippen LogP contribution in [0.25, 0.3) is 10.9 Å². The summed E-state index contributed by atoms with van der Waals surface area (Å²) >= 11 is 0. The number of hydrogen-bond donors (Lipinski definition) is 0. The molecule has 2 heteroatoms. The van der Waals surface area contributed by atoms with E-state index >= 15 is 0 Å². The molecule has 1 saturated heterocycles. The standard InChI is InChI=1S/C18H22N2/c1-13-8-9-17-15(12-13)18(20-10-3-2-4-11-20)14-6-5-7-16(14)19-17/h8-9,12H,2-7,10-11H2,1H3. The molecule has 4 rings (SSSR count). The van der Waals surface area contributed by atoms with Crippen molar-refractivity contribution in [2.45, 2.75) is 45.4 Å². The number of fused-ring (bicyclic) bond motifs is 2. The molecule has 0 amide bonds. The van der Waals surface area contributed by atoms with Gasteiger partial charge in [-0.1, -0.05) is 11.6 Å². The van der Waals surface area contributed by atoms with Gasteiger partial charge in [0.2, 0.25) is 0 Å². The average Bonchev–Trinajstić information content (AvgIpc) is 2.93. The maximum atomic E-state index is 4.93. The summed E-state index contributed by atoms with van der Waals surface area (Å²) in [5.74, 6) is 0. The monoisotopic (exact) mass is 266 g/mol. The molecule has 1 fully saturated rings. The Labute approximate surface area is 120 Å². The minimum Gasteiger partial charge on any atom is -0.371 e. The first-order valence-electron chi connectivity index (χ1n) is 8.00. The van der Waals surface area contributed by atoms with E-state index in [2.05, 4.69) is 30.0 Å². The number of rotatable bonds is 1. The lowest BCUT2D eigenvalue weighted by molar-refractivity contribution is 0.577. The maximum Gasteiger partial charge on any atom is 0.0726 e. The van der Waals surface area contributed by atoms with Crippen molar-refractivity contribution in [2.24, 2.45) is 0 Å². The lowest BCUT2D eigenvalue weighted by atomic mass is 10.0. The number of pyridine rings is 1. The van der Waals surface area contributed by atoms with E-state index in [4.69, 9.17) is 4.98 Å². The Morgan fingerprint density at radius 3 is 2.70 bits per heavy atom. The van der Waals surface area contributed by atoms with Crippen molar-refractivity contribution >= 4 is 16.6 Å². The molecule has 2 nitrogen and oxygen atoms in total. The molecule has 1 aromatic carbocycles. The van der Waals surface area contributed by atoms with Crippen molar-refractivity contribution in [3.63, 3.8) is 0 Å². The molecule has 0 spiro atoms. The number of piperidine rings is 1. The normalized spacial score (nSPS) is 18.6. The van der Waals surface area contributed by atoms with Crippen LogP contribution in [0.3, 0.4) is 0 Å². The quantitative estimate of drug-likeness (QED) is 0.775. The minimum atomic E-state index is 1.17. The van der Waals surface area contributed by atoms with Gasteiger partial charge in [0.05, 0.1) is 11.2 Å². The first-order chi connectivity index (χ1) is 9.83. The molecular weight excluding hydrogens is 244 g/mol. The molecule has 104 valence electrons.